The van der Waals surface area contributed by atoms with E-state index >= 15 is 0 Å². The highest BCUT2D eigenvalue weighted by atomic mass is 16.6. The van der Waals surface area contributed by atoms with Crippen LogP contribution in [-0.4, -0.2) is 11.6 Å². The van der Waals surface area contributed by atoms with Crippen molar-refractivity contribution in [2.45, 2.75) is 32.8 Å². The Balaban J connectivity index is 2.73. The summed E-state index contributed by atoms with van der Waals surface area (Å²) in [6.45, 7) is 5.35. The fraction of sp³-hybridized carbons (Fsp3) is 0.500. The number of carbonyl (C=O) groups excluding carboxylic acids is 1. The number of carbonyl (C=O) groups is 1. The molecule has 0 fully saturated rings. The van der Waals surface area contributed by atoms with Crippen molar-refractivity contribution in [3.8, 4) is 0 Å². The van der Waals surface area contributed by atoms with Crippen molar-refractivity contribution < 1.29 is 9.53 Å². The Bertz CT molecular complexity index is 251. The van der Waals surface area contributed by atoms with E-state index in [-0.39, 0.29) is 5.97 Å². The summed E-state index contributed by atoms with van der Waals surface area (Å²) >= 11 is 0. The lowest BCUT2D eigenvalue weighted by Gasteiger charge is -2.27. The molecule has 0 heterocycles. The molecule has 12 heavy (non-hydrogen) atoms. The van der Waals surface area contributed by atoms with E-state index in [1.165, 1.54) is 6.92 Å². The molecule has 0 amide bonds. The van der Waals surface area contributed by atoms with Crippen LogP contribution in [0.25, 0.3) is 0 Å². The van der Waals surface area contributed by atoms with Gasteiger partial charge in [-0.1, -0.05) is 17.7 Å². The topological polar surface area (TPSA) is 26.3 Å². The van der Waals surface area contributed by atoms with Crippen molar-refractivity contribution >= 4 is 5.97 Å². The molecule has 2 nitrogen and oxygen atoms in total. The lowest BCUT2D eigenvalue weighted by atomic mass is 9.94. The first-order chi connectivity index (χ1) is 5.52. The van der Waals surface area contributed by atoms with Gasteiger partial charge in [-0.25, -0.2) is 0 Å². The molecule has 0 saturated heterocycles. The molecule has 1 aliphatic rings. The minimum absolute atomic E-state index is 0.225. The van der Waals surface area contributed by atoms with Crippen LogP contribution in [0.3, 0.4) is 0 Å². The molecule has 0 aliphatic heterocycles. The molecule has 0 aromatic carbocycles. The molecule has 0 aromatic heterocycles. The quantitative estimate of drug-likeness (QED) is 0.558. The highest BCUT2D eigenvalue weighted by Gasteiger charge is 2.25. The van der Waals surface area contributed by atoms with Gasteiger partial charge in [0.25, 0.3) is 0 Å². The molecule has 0 spiro atoms. The monoisotopic (exact) mass is 166 g/mol. The standard InChI is InChI=1S/C10H14O2/c1-8-5-4-6-10(3,7-8)12-9(2)11/h4-5,7H,6H2,1-3H3. The van der Waals surface area contributed by atoms with Gasteiger partial charge in [0.15, 0.2) is 0 Å². The molecule has 0 bridgehead atoms. The van der Waals surface area contributed by atoms with Gasteiger partial charge in [0.1, 0.15) is 5.60 Å². The van der Waals surface area contributed by atoms with Crippen LogP contribution in [0.1, 0.15) is 27.2 Å². The molecular weight excluding hydrogens is 152 g/mol. The van der Waals surface area contributed by atoms with Gasteiger partial charge >= 0.3 is 5.97 Å². The first kappa shape index (κ1) is 9.04. The van der Waals surface area contributed by atoms with Crippen LogP contribution < -0.4 is 0 Å². The Kier molecular flexibility index (Phi) is 2.36. The van der Waals surface area contributed by atoms with Gasteiger partial charge in [-0.15, -0.1) is 0 Å². The summed E-state index contributed by atoms with van der Waals surface area (Å²) in [5.41, 5.74) is 0.718. The number of esters is 1. The molecular formula is C10H14O2. The van der Waals surface area contributed by atoms with Crippen LogP contribution >= 0.6 is 0 Å². The zero-order chi connectivity index (χ0) is 9.19. The van der Waals surface area contributed by atoms with Crippen molar-refractivity contribution in [1.29, 1.82) is 0 Å². The van der Waals surface area contributed by atoms with E-state index < -0.39 is 5.60 Å². The minimum atomic E-state index is -0.426. The molecule has 1 aliphatic carbocycles. The third kappa shape index (κ3) is 2.22. The van der Waals surface area contributed by atoms with Crippen LogP contribution in [0.15, 0.2) is 23.8 Å². The average Bonchev–Trinajstić information content (AvgIpc) is 1.82. The lowest BCUT2D eigenvalue weighted by Crippen LogP contribution is -2.29. The zero-order valence-electron chi connectivity index (χ0n) is 7.76. The van der Waals surface area contributed by atoms with E-state index in [1.807, 2.05) is 32.1 Å². The highest BCUT2D eigenvalue weighted by molar-refractivity contribution is 5.67. The lowest BCUT2D eigenvalue weighted by molar-refractivity contribution is -0.150. The smallest absolute Gasteiger partial charge is 0.303 e. The van der Waals surface area contributed by atoms with Gasteiger partial charge in [0, 0.05) is 13.3 Å². The van der Waals surface area contributed by atoms with Crippen molar-refractivity contribution in [3.05, 3.63) is 23.8 Å². The molecule has 1 rings (SSSR count). The summed E-state index contributed by atoms with van der Waals surface area (Å²) in [5.74, 6) is -0.225. The van der Waals surface area contributed by atoms with Crippen molar-refractivity contribution in [3.63, 3.8) is 0 Å². The average molecular weight is 166 g/mol. The molecule has 0 radical (unpaired) electrons. The molecule has 0 aromatic rings. The molecule has 0 saturated carbocycles. The molecule has 1 unspecified atom stereocenters. The fourth-order valence-electron chi connectivity index (χ4n) is 1.47. The summed E-state index contributed by atoms with van der Waals surface area (Å²) in [7, 11) is 0. The van der Waals surface area contributed by atoms with Crippen LogP contribution in [0, 0.1) is 0 Å². The van der Waals surface area contributed by atoms with Crippen molar-refractivity contribution in [2.75, 3.05) is 0 Å². The van der Waals surface area contributed by atoms with E-state index in [0.29, 0.717) is 0 Å². The van der Waals surface area contributed by atoms with Crippen molar-refractivity contribution in [1.82, 2.24) is 0 Å². The Morgan fingerprint density at radius 3 is 2.83 bits per heavy atom. The SMILES string of the molecule is CC(=O)OC1(C)C=C(C)C=CC1. The molecule has 2 heteroatoms. The fourth-order valence-corrected chi connectivity index (χ4v) is 1.47. The van der Waals surface area contributed by atoms with Gasteiger partial charge in [-0.2, -0.15) is 0 Å². The second-order valence-electron chi connectivity index (χ2n) is 3.40. The number of allylic oxidation sites excluding steroid dienone is 2. The summed E-state index contributed by atoms with van der Waals surface area (Å²) in [4.78, 5) is 10.7. The predicted octanol–water partition coefficient (Wildman–Crippen LogP) is 2.21. The molecule has 0 N–H and O–H groups in total. The second-order valence-corrected chi connectivity index (χ2v) is 3.40. The predicted molar refractivity (Wildman–Crippen MR) is 47.7 cm³/mol. The number of rotatable bonds is 1. The number of hydrogen-bond acceptors (Lipinski definition) is 2. The van der Waals surface area contributed by atoms with E-state index in [0.717, 1.165) is 12.0 Å². The maximum atomic E-state index is 10.7. The van der Waals surface area contributed by atoms with Crippen LogP contribution in [0.2, 0.25) is 0 Å². The number of ether oxygens (including phenoxy) is 1. The van der Waals surface area contributed by atoms with E-state index in [2.05, 4.69) is 0 Å². The Morgan fingerprint density at radius 2 is 2.33 bits per heavy atom. The van der Waals surface area contributed by atoms with Crippen LogP contribution in [0.4, 0.5) is 0 Å². The maximum absolute atomic E-state index is 10.7. The van der Waals surface area contributed by atoms with Gasteiger partial charge in [0.2, 0.25) is 0 Å². The minimum Gasteiger partial charge on any atom is -0.455 e. The van der Waals surface area contributed by atoms with Crippen LogP contribution in [0.5, 0.6) is 0 Å². The van der Waals surface area contributed by atoms with Crippen molar-refractivity contribution in [2.24, 2.45) is 0 Å². The highest BCUT2D eigenvalue weighted by Crippen LogP contribution is 2.24. The Labute approximate surface area is 72.9 Å². The van der Waals surface area contributed by atoms with E-state index in [1.54, 1.807) is 0 Å². The Hall–Kier alpha value is -1.05. The van der Waals surface area contributed by atoms with E-state index in [4.69, 9.17) is 4.74 Å². The Morgan fingerprint density at radius 1 is 1.67 bits per heavy atom. The van der Waals surface area contributed by atoms with Gasteiger partial charge in [0.05, 0.1) is 0 Å². The normalized spacial score (nSPS) is 28.1. The summed E-state index contributed by atoms with van der Waals surface area (Å²) in [5, 5.41) is 0. The summed E-state index contributed by atoms with van der Waals surface area (Å²) < 4.78 is 5.18. The largest absolute Gasteiger partial charge is 0.455 e. The number of hydrogen-bond donors (Lipinski definition) is 0. The second kappa shape index (κ2) is 3.13. The van der Waals surface area contributed by atoms with Gasteiger partial charge < -0.3 is 4.74 Å². The first-order valence-corrected chi connectivity index (χ1v) is 4.07. The third-order valence-corrected chi connectivity index (χ3v) is 1.81. The maximum Gasteiger partial charge on any atom is 0.303 e. The summed E-state index contributed by atoms with van der Waals surface area (Å²) in [6.07, 6.45) is 6.81. The molecule has 1 atom stereocenters. The summed E-state index contributed by atoms with van der Waals surface area (Å²) in [6, 6.07) is 0. The van der Waals surface area contributed by atoms with Gasteiger partial charge in [-0.05, 0) is 19.9 Å². The third-order valence-electron chi connectivity index (χ3n) is 1.81. The van der Waals surface area contributed by atoms with E-state index in [9.17, 15) is 4.79 Å². The van der Waals surface area contributed by atoms with Gasteiger partial charge in [-0.3, -0.25) is 4.79 Å². The van der Waals surface area contributed by atoms with Crippen LogP contribution in [-0.2, 0) is 9.53 Å². The zero-order valence-corrected chi connectivity index (χ0v) is 7.76. The molecule has 66 valence electrons. The first-order valence-electron chi connectivity index (χ1n) is 4.07.